The van der Waals surface area contributed by atoms with E-state index in [4.69, 9.17) is 14.7 Å². The molecule has 0 N–H and O–H groups in total. The van der Waals surface area contributed by atoms with E-state index in [1.807, 2.05) is 73.5 Å². The van der Waals surface area contributed by atoms with Crippen molar-refractivity contribution in [3.8, 4) is 11.8 Å². The van der Waals surface area contributed by atoms with Gasteiger partial charge in [0.05, 0.1) is 41.8 Å². The Morgan fingerprint density at radius 2 is 1.48 bits per heavy atom. The summed E-state index contributed by atoms with van der Waals surface area (Å²) in [4.78, 5) is 18.6. The van der Waals surface area contributed by atoms with Gasteiger partial charge in [-0.2, -0.15) is 5.26 Å². The van der Waals surface area contributed by atoms with Crippen molar-refractivity contribution in [1.82, 2.24) is 4.98 Å². The Morgan fingerprint density at radius 1 is 0.848 bits per heavy atom. The Morgan fingerprint density at radius 3 is 2.13 bits per heavy atom. The van der Waals surface area contributed by atoms with Gasteiger partial charge in [0.25, 0.3) is 0 Å². The molecule has 4 aromatic rings. The highest BCUT2D eigenvalue weighted by atomic mass is 32.1. The van der Waals surface area contributed by atoms with Crippen LogP contribution < -0.4 is 9.64 Å². The Bertz CT molecular complexity index is 1560. The highest BCUT2D eigenvalue weighted by Crippen LogP contribution is 2.39. The number of benzene rings is 2. The van der Waals surface area contributed by atoms with Crippen LogP contribution in [0.25, 0.3) is 9.53 Å². The number of nitriles is 1. The summed E-state index contributed by atoms with van der Waals surface area (Å²) < 4.78 is 12.0. The number of aromatic nitrogens is 1. The van der Waals surface area contributed by atoms with Gasteiger partial charge < -0.3 is 14.4 Å². The van der Waals surface area contributed by atoms with E-state index >= 15 is 0 Å². The summed E-state index contributed by atoms with van der Waals surface area (Å²) in [5.41, 5.74) is 2.53. The lowest BCUT2D eigenvalue weighted by Crippen LogP contribution is -2.17. The Kier molecular flexibility index (Phi) is 14.6. The second kappa shape index (κ2) is 19.3. The molecule has 10 nitrogen and oxygen atoms in total. The molecule has 46 heavy (non-hydrogen) atoms. The van der Waals surface area contributed by atoms with E-state index in [0.717, 1.165) is 63.0 Å². The lowest BCUT2D eigenvalue weighted by atomic mass is 10.1. The molecule has 0 atom stereocenters. The van der Waals surface area contributed by atoms with Crippen molar-refractivity contribution in [2.45, 2.75) is 71.1 Å². The maximum Gasteiger partial charge on any atom is 0.305 e. The van der Waals surface area contributed by atoms with Crippen molar-refractivity contribution in [1.29, 1.82) is 5.26 Å². The first-order valence-corrected chi connectivity index (χ1v) is 17.5. The normalized spacial score (nSPS) is 11.4. The van der Waals surface area contributed by atoms with E-state index < -0.39 is 0 Å². The molecule has 12 heteroatoms. The number of carbonyl (C=O) groups is 1. The number of rotatable bonds is 20. The van der Waals surface area contributed by atoms with Crippen LogP contribution in [0.1, 0.15) is 71.1 Å². The van der Waals surface area contributed by atoms with Gasteiger partial charge in [-0.1, -0.05) is 68.1 Å². The molecule has 242 valence electrons. The van der Waals surface area contributed by atoms with Crippen LogP contribution in [0.3, 0.4) is 0 Å². The zero-order valence-electron chi connectivity index (χ0n) is 26.6. The van der Waals surface area contributed by atoms with Gasteiger partial charge in [0, 0.05) is 25.7 Å². The summed E-state index contributed by atoms with van der Waals surface area (Å²) in [6.45, 7) is 3.76. The van der Waals surface area contributed by atoms with Crippen molar-refractivity contribution in [2.24, 2.45) is 20.5 Å². The van der Waals surface area contributed by atoms with Crippen LogP contribution in [0, 0.1) is 11.3 Å². The molecule has 4 rings (SSSR count). The lowest BCUT2D eigenvalue weighted by Gasteiger charge is -2.17. The smallest absolute Gasteiger partial charge is 0.305 e. The Balaban J connectivity index is 1.12. The average Bonchev–Trinajstić information content (AvgIpc) is 3.65. The van der Waals surface area contributed by atoms with Crippen molar-refractivity contribution < 1.29 is 14.3 Å². The molecule has 0 fully saturated rings. The largest absolute Gasteiger partial charge is 0.494 e. The van der Waals surface area contributed by atoms with Crippen LogP contribution in [-0.4, -0.2) is 37.8 Å². The predicted octanol–water partition coefficient (Wildman–Crippen LogP) is 11.0. The highest BCUT2D eigenvalue weighted by molar-refractivity contribution is 7.30. The zero-order chi connectivity index (χ0) is 32.4. The van der Waals surface area contributed by atoms with E-state index in [2.05, 4.69) is 31.5 Å². The summed E-state index contributed by atoms with van der Waals surface area (Å²) in [6, 6.07) is 19.5. The van der Waals surface area contributed by atoms with Gasteiger partial charge in [0.2, 0.25) is 5.13 Å². The molecule has 2 heterocycles. The van der Waals surface area contributed by atoms with Crippen molar-refractivity contribution >= 4 is 65.4 Å². The molecule has 0 saturated carbocycles. The van der Waals surface area contributed by atoms with Gasteiger partial charge in [-0.3, -0.25) is 4.79 Å². The van der Waals surface area contributed by atoms with Crippen molar-refractivity contribution in [3.63, 3.8) is 0 Å². The molecule has 2 aromatic heterocycles. The van der Waals surface area contributed by atoms with Crippen LogP contribution in [-0.2, 0) is 9.53 Å². The quantitative estimate of drug-likeness (QED) is 0.0528. The van der Waals surface area contributed by atoms with Crippen LogP contribution >= 0.6 is 22.7 Å². The number of nitrogens with zero attached hydrogens (tertiary/aromatic N) is 7. The minimum atomic E-state index is -0.106. The topological polar surface area (TPSA) is 125 Å². The standard InChI is InChI=1S/C34H41N7O3S2/c1-3-32(42)44-24-11-9-7-5-4-6-8-10-23-43-29-19-15-27(16-20-29)37-39-31-25-30-33(46-31)36-34(45-30)40-38-26-13-17-28(18-14-26)41(2)22-12-21-35/h13-20,25H,3-12,22-24H2,1-2H3. The fourth-order valence-corrected chi connectivity index (χ4v) is 6.33. The summed E-state index contributed by atoms with van der Waals surface area (Å²) in [7, 11) is 1.96. The fourth-order valence-electron chi connectivity index (χ4n) is 4.48. The van der Waals surface area contributed by atoms with Gasteiger partial charge in [-0.05, 0) is 67.4 Å². The first kappa shape index (κ1) is 34.7. The number of azo groups is 2. The third-order valence-electron chi connectivity index (χ3n) is 7.13. The first-order valence-electron chi connectivity index (χ1n) is 15.8. The molecule has 0 unspecified atom stereocenters. The van der Waals surface area contributed by atoms with Gasteiger partial charge >= 0.3 is 5.97 Å². The monoisotopic (exact) mass is 659 g/mol. The summed E-state index contributed by atoms with van der Waals surface area (Å²) in [5, 5.41) is 27.5. The number of fused-ring (bicyclic) bond motifs is 1. The fraction of sp³-hybridized carbons (Fsp3) is 0.441. The van der Waals surface area contributed by atoms with E-state index in [-0.39, 0.29) is 5.97 Å². The Labute approximate surface area is 278 Å². The zero-order valence-corrected chi connectivity index (χ0v) is 28.2. The number of unbranched alkanes of at least 4 members (excludes halogenated alkanes) is 7. The lowest BCUT2D eigenvalue weighted by molar-refractivity contribution is -0.143. The maximum atomic E-state index is 11.1. The average molecular weight is 660 g/mol. The minimum Gasteiger partial charge on any atom is -0.494 e. The number of hydrogen-bond donors (Lipinski definition) is 0. The molecular formula is C34H41N7O3S2. The molecule has 0 spiro atoms. The van der Waals surface area contributed by atoms with Crippen LogP contribution in [0.2, 0.25) is 0 Å². The summed E-state index contributed by atoms with van der Waals surface area (Å²) in [5.74, 6) is 0.731. The first-order chi connectivity index (χ1) is 22.5. The van der Waals surface area contributed by atoms with Gasteiger partial charge in [-0.15, -0.1) is 20.5 Å². The number of anilines is 1. The summed E-state index contributed by atoms with van der Waals surface area (Å²) >= 11 is 2.93. The second-order valence-electron chi connectivity index (χ2n) is 10.7. The molecule has 0 amide bonds. The van der Waals surface area contributed by atoms with Crippen LogP contribution in [0.4, 0.5) is 27.2 Å². The maximum absolute atomic E-state index is 11.1. The van der Waals surface area contributed by atoms with Crippen LogP contribution in [0.15, 0.2) is 75.1 Å². The minimum absolute atomic E-state index is 0.106. The number of esters is 1. The molecule has 0 radical (unpaired) electrons. The SMILES string of the molecule is CCC(=O)OCCCCCCCCCCOc1ccc(N=Nc2cc3sc(N=Nc4ccc(N(C)CCC#N)cc4)nc3s2)cc1. The summed E-state index contributed by atoms with van der Waals surface area (Å²) in [6.07, 6.45) is 10.1. The third kappa shape index (κ3) is 11.9. The van der Waals surface area contributed by atoms with E-state index in [0.29, 0.717) is 37.7 Å². The molecular weight excluding hydrogens is 619 g/mol. The van der Waals surface area contributed by atoms with Gasteiger partial charge in [0.15, 0.2) is 0 Å². The number of thiophene rings is 1. The number of carbonyl (C=O) groups excluding carboxylic acids is 1. The van der Waals surface area contributed by atoms with Gasteiger partial charge in [-0.25, -0.2) is 4.98 Å². The molecule has 0 aliphatic heterocycles. The third-order valence-corrected chi connectivity index (χ3v) is 9.05. The van der Waals surface area contributed by atoms with Crippen molar-refractivity contribution in [3.05, 3.63) is 54.6 Å². The van der Waals surface area contributed by atoms with Gasteiger partial charge in [0.1, 0.15) is 15.6 Å². The molecule has 0 saturated heterocycles. The predicted molar refractivity (Wildman–Crippen MR) is 186 cm³/mol. The molecule has 0 aliphatic carbocycles. The molecule has 0 aliphatic rings. The Hall–Kier alpha value is -4.21. The van der Waals surface area contributed by atoms with E-state index in [9.17, 15) is 4.79 Å². The molecule has 0 bridgehead atoms. The van der Waals surface area contributed by atoms with Crippen LogP contribution in [0.5, 0.6) is 5.75 Å². The molecule has 2 aromatic carbocycles. The van der Waals surface area contributed by atoms with E-state index in [1.165, 1.54) is 48.4 Å². The number of thiazole rings is 1. The number of ether oxygens (including phenoxy) is 2. The highest BCUT2D eigenvalue weighted by Gasteiger charge is 2.09. The van der Waals surface area contributed by atoms with E-state index in [1.54, 1.807) is 0 Å². The van der Waals surface area contributed by atoms with Crippen molar-refractivity contribution in [2.75, 3.05) is 31.7 Å². The second-order valence-corrected chi connectivity index (χ2v) is 12.8. The number of hydrogen-bond acceptors (Lipinski definition) is 12.